The molecule has 0 saturated heterocycles. The van der Waals surface area contributed by atoms with Crippen molar-refractivity contribution in [2.24, 2.45) is 11.7 Å². The van der Waals surface area contributed by atoms with E-state index < -0.39 is 0 Å². The Morgan fingerprint density at radius 1 is 1.11 bits per heavy atom. The molecule has 0 aromatic heterocycles. The molecule has 2 atom stereocenters. The smallest absolute Gasteiger partial charge is 0.0739 e. The summed E-state index contributed by atoms with van der Waals surface area (Å²) in [6.45, 7) is 9.42. The topological polar surface area (TPSA) is 35.2 Å². The van der Waals surface area contributed by atoms with E-state index in [4.69, 9.17) is 10.5 Å². The highest BCUT2D eigenvalue weighted by Crippen LogP contribution is 2.17. The van der Waals surface area contributed by atoms with Crippen LogP contribution in [0.2, 0.25) is 0 Å². The van der Waals surface area contributed by atoms with Gasteiger partial charge in [0.15, 0.2) is 0 Å². The van der Waals surface area contributed by atoms with E-state index >= 15 is 0 Å². The maximum atomic E-state index is 6.21. The molecule has 1 rings (SSSR count). The molecule has 2 N–H and O–H groups in total. The second kappa shape index (κ2) is 7.55. The molecule has 0 fully saturated rings. The van der Waals surface area contributed by atoms with Crippen LogP contribution in [0.3, 0.4) is 0 Å². The molecule has 0 aliphatic carbocycles. The van der Waals surface area contributed by atoms with Gasteiger partial charge in [-0.25, -0.2) is 0 Å². The Morgan fingerprint density at radius 2 is 1.72 bits per heavy atom. The van der Waals surface area contributed by atoms with Crippen molar-refractivity contribution in [3.05, 3.63) is 35.4 Å². The first-order valence-electron chi connectivity index (χ1n) is 6.94. The maximum absolute atomic E-state index is 6.21. The van der Waals surface area contributed by atoms with Gasteiger partial charge in [-0.1, -0.05) is 43.7 Å². The Balaban J connectivity index is 2.36. The van der Waals surface area contributed by atoms with Crippen molar-refractivity contribution in [1.82, 2.24) is 0 Å². The van der Waals surface area contributed by atoms with Gasteiger partial charge in [0.25, 0.3) is 0 Å². The second-order valence-electron chi connectivity index (χ2n) is 5.55. The van der Waals surface area contributed by atoms with Crippen LogP contribution in [0.25, 0.3) is 0 Å². The predicted molar refractivity (Wildman–Crippen MR) is 77.6 cm³/mol. The van der Waals surface area contributed by atoms with E-state index in [0.717, 1.165) is 24.5 Å². The largest absolute Gasteiger partial charge is 0.377 e. The third-order valence-electron chi connectivity index (χ3n) is 3.27. The van der Waals surface area contributed by atoms with Crippen molar-refractivity contribution in [1.29, 1.82) is 0 Å². The molecule has 0 saturated carbocycles. The van der Waals surface area contributed by atoms with E-state index in [0.29, 0.717) is 0 Å². The van der Waals surface area contributed by atoms with Crippen LogP contribution in [0.15, 0.2) is 24.3 Å². The van der Waals surface area contributed by atoms with Gasteiger partial charge in [-0.05, 0) is 38.2 Å². The zero-order valence-corrected chi connectivity index (χ0v) is 12.1. The summed E-state index contributed by atoms with van der Waals surface area (Å²) in [5.74, 6) is 0.745. The summed E-state index contributed by atoms with van der Waals surface area (Å²) in [6, 6.07) is 8.34. The number of benzene rings is 1. The minimum absolute atomic E-state index is 0.0374. The quantitative estimate of drug-likeness (QED) is 0.745. The Kier molecular flexibility index (Phi) is 6.37. The molecule has 0 radical (unpaired) electrons. The first-order chi connectivity index (χ1) is 8.50. The van der Waals surface area contributed by atoms with Crippen LogP contribution >= 0.6 is 0 Å². The van der Waals surface area contributed by atoms with Crippen LogP contribution in [0, 0.1) is 12.8 Å². The minimum atomic E-state index is -0.0374. The molecule has 0 amide bonds. The number of rotatable bonds is 7. The highest BCUT2D eigenvalue weighted by molar-refractivity contribution is 5.24. The van der Waals surface area contributed by atoms with Crippen LogP contribution in [0.4, 0.5) is 0 Å². The maximum Gasteiger partial charge on any atom is 0.0739 e. The van der Waals surface area contributed by atoms with E-state index in [1.54, 1.807) is 0 Å². The fraction of sp³-hybridized carbons (Fsp3) is 0.625. The third kappa shape index (κ3) is 5.19. The van der Waals surface area contributed by atoms with Gasteiger partial charge in [0.2, 0.25) is 0 Å². The van der Waals surface area contributed by atoms with Crippen LogP contribution in [-0.2, 0) is 4.74 Å². The number of nitrogens with two attached hydrogens (primary N) is 1. The lowest BCUT2D eigenvalue weighted by atomic mass is 10.0. The number of hydrogen-bond acceptors (Lipinski definition) is 2. The molecule has 1 aromatic rings. The number of ether oxygens (including phenoxy) is 1. The minimum Gasteiger partial charge on any atom is -0.377 e. The SMILES string of the molecule is Cc1ccc(C(N)C(C)OCCCC(C)C)cc1. The lowest BCUT2D eigenvalue weighted by Crippen LogP contribution is -2.26. The molecular weight excluding hydrogens is 222 g/mol. The summed E-state index contributed by atoms with van der Waals surface area (Å²) in [4.78, 5) is 0. The van der Waals surface area contributed by atoms with Crippen molar-refractivity contribution in [3.63, 3.8) is 0 Å². The average molecular weight is 249 g/mol. The van der Waals surface area contributed by atoms with E-state index in [-0.39, 0.29) is 12.1 Å². The van der Waals surface area contributed by atoms with Crippen LogP contribution < -0.4 is 5.73 Å². The summed E-state index contributed by atoms with van der Waals surface area (Å²) in [5.41, 5.74) is 8.62. The molecule has 0 bridgehead atoms. The molecule has 2 nitrogen and oxygen atoms in total. The molecule has 18 heavy (non-hydrogen) atoms. The fourth-order valence-corrected chi connectivity index (χ4v) is 1.92. The highest BCUT2D eigenvalue weighted by atomic mass is 16.5. The Labute approximate surface area is 112 Å². The van der Waals surface area contributed by atoms with Gasteiger partial charge in [0.05, 0.1) is 12.1 Å². The number of hydrogen-bond donors (Lipinski definition) is 1. The normalized spacial score (nSPS) is 14.8. The van der Waals surface area contributed by atoms with E-state index in [9.17, 15) is 0 Å². The Morgan fingerprint density at radius 3 is 2.28 bits per heavy atom. The Bertz CT molecular complexity index is 331. The second-order valence-corrected chi connectivity index (χ2v) is 5.55. The van der Waals surface area contributed by atoms with Gasteiger partial charge in [-0.15, -0.1) is 0 Å². The van der Waals surface area contributed by atoms with Gasteiger partial charge >= 0.3 is 0 Å². The average Bonchev–Trinajstić information content (AvgIpc) is 2.34. The molecule has 0 spiro atoms. The lowest BCUT2D eigenvalue weighted by molar-refractivity contribution is 0.0444. The molecule has 1 aromatic carbocycles. The van der Waals surface area contributed by atoms with Crippen LogP contribution in [-0.4, -0.2) is 12.7 Å². The van der Waals surface area contributed by atoms with Crippen molar-refractivity contribution < 1.29 is 4.74 Å². The van der Waals surface area contributed by atoms with Crippen molar-refractivity contribution in [2.45, 2.75) is 52.7 Å². The summed E-state index contributed by atoms with van der Waals surface area (Å²) in [7, 11) is 0. The van der Waals surface area contributed by atoms with Gasteiger partial charge in [-0.3, -0.25) is 0 Å². The summed E-state index contributed by atoms with van der Waals surface area (Å²) < 4.78 is 5.81. The molecule has 0 aliphatic heterocycles. The van der Waals surface area contributed by atoms with Gasteiger partial charge in [-0.2, -0.15) is 0 Å². The lowest BCUT2D eigenvalue weighted by Gasteiger charge is -2.21. The summed E-state index contributed by atoms with van der Waals surface area (Å²) in [6.07, 6.45) is 2.40. The van der Waals surface area contributed by atoms with Gasteiger partial charge in [0.1, 0.15) is 0 Å². The van der Waals surface area contributed by atoms with Crippen molar-refractivity contribution in [3.8, 4) is 0 Å². The molecule has 2 unspecified atom stereocenters. The first kappa shape index (κ1) is 15.2. The summed E-state index contributed by atoms with van der Waals surface area (Å²) in [5, 5.41) is 0. The van der Waals surface area contributed by atoms with Crippen molar-refractivity contribution in [2.75, 3.05) is 6.61 Å². The van der Waals surface area contributed by atoms with E-state index in [2.05, 4.69) is 52.0 Å². The fourth-order valence-electron chi connectivity index (χ4n) is 1.92. The van der Waals surface area contributed by atoms with Crippen molar-refractivity contribution >= 4 is 0 Å². The molecule has 0 heterocycles. The highest BCUT2D eigenvalue weighted by Gasteiger charge is 2.14. The zero-order valence-electron chi connectivity index (χ0n) is 12.1. The van der Waals surface area contributed by atoms with Crippen LogP contribution in [0.5, 0.6) is 0 Å². The molecule has 102 valence electrons. The zero-order chi connectivity index (χ0) is 13.5. The van der Waals surface area contributed by atoms with E-state index in [1.165, 1.54) is 12.0 Å². The number of aryl methyl sites for hydroxylation is 1. The summed E-state index contributed by atoms with van der Waals surface area (Å²) >= 11 is 0. The third-order valence-corrected chi connectivity index (χ3v) is 3.27. The predicted octanol–water partition coefficient (Wildman–Crippen LogP) is 3.84. The van der Waals surface area contributed by atoms with Crippen LogP contribution in [0.1, 0.15) is 50.8 Å². The van der Waals surface area contributed by atoms with Gasteiger partial charge in [0, 0.05) is 6.61 Å². The first-order valence-corrected chi connectivity index (χ1v) is 6.94. The standard InChI is InChI=1S/C16H27NO/c1-12(2)6-5-11-18-14(4)16(17)15-9-7-13(3)8-10-15/h7-10,12,14,16H,5-6,11,17H2,1-4H3. The monoisotopic (exact) mass is 249 g/mol. The molecular formula is C16H27NO. The van der Waals surface area contributed by atoms with E-state index in [1.807, 2.05) is 0 Å². The Hall–Kier alpha value is -0.860. The molecule has 2 heteroatoms. The molecule has 0 aliphatic rings. The van der Waals surface area contributed by atoms with Gasteiger partial charge < -0.3 is 10.5 Å².